The molecule has 1 N–H and O–H groups in total. The number of fused-ring (bicyclic) bond motifs is 1. The van der Waals surface area contributed by atoms with E-state index >= 15 is 0 Å². The van der Waals surface area contributed by atoms with Crippen LogP contribution in [-0.4, -0.2) is 40.8 Å². The lowest BCUT2D eigenvalue weighted by Gasteiger charge is -2.23. The van der Waals surface area contributed by atoms with Gasteiger partial charge in [0.05, 0.1) is 28.2 Å². The van der Waals surface area contributed by atoms with Crippen LogP contribution in [-0.2, 0) is 6.54 Å². The number of aromatic amines is 1. The van der Waals surface area contributed by atoms with Crippen molar-refractivity contribution in [3.05, 3.63) is 79.8 Å². The Balaban J connectivity index is 1.59. The maximum atomic E-state index is 13.2. The minimum Gasteiger partial charge on any atom is -0.334 e. The van der Waals surface area contributed by atoms with Crippen LogP contribution in [0.15, 0.2) is 58.0 Å². The number of nitrogens with one attached hydrogen (secondary N) is 1. The highest BCUT2D eigenvalue weighted by atomic mass is 32.1. The van der Waals surface area contributed by atoms with Crippen molar-refractivity contribution in [1.29, 1.82) is 0 Å². The van der Waals surface area contributed by atoms with Crippen LogP contribution in [0.5, 0.6) is 0 Å². The molecule has 152 valence electrons. The lowest BCUT2D eigenvalue weighted by Crippen LogP contribution is -2.32. The first-order valence-corrected chi connectivity index (χ1v) is 10.8. The van der Waals surface area contributed by atoms with E-state index in [9.17, 15) is 14.4 Å². The lowest BCUT2D eigenvalue weighted by atomic mass is 10.1. The average molecular weight is 439 g/mol. The van der Waals surface area contributed by atoms with E-state index in [1.165, 1.54) is 32.5 Å². The number of anilines is 1. The number of carbonyl (C=O) groups excluding carboxylic acids is 2. The van der Waals surface area contributed by atoms with Crippen molar-refractivity contribution < 1.29 is 9.59 Å². The predicted octanol–water partition coefficient (Wildman–Crippen LogP) is 3.59. The summed E-state index contributed by atoms with van der Waals surface area (Å²) in [5.74, 6) is -0.0476. The number of thiophene rings is 2. The molecule has 0 unspecified atom stereocenters. The van der Waals surface area contributed by atoms with Gasteiger partial charge < -0.3 is 14.8 Å². The van der Waals surface area contributed by atoms with Crippen LogP contribution in [0.4, 0.5) is 5.69 Å². The molecule has 0 fully saturated rings. The van der Waals surface area contributed by atoms with Crippen molar-refractivity contribution in [2.24, 2.45) is 0 Å². The number of para-hydroxylation sites is 1. The Morgan fingerprint density at radius 2 is 1.80 bits per heavy atom. The Morgan fingerprint density at radius 1 is 1.00 bits per heavy atom. The second-order valence-electron chi connectivity index (χ2n) is 6.67. The number of hydrogen-bond acceptors (Lipinski definition) is 6. The Bertz CT molecular complexity index is 1280. The molecular formula is C21H18N4O3S2. The largest absolute Gasteiger partial charge is 0.334 e. The number of aromatic nitrogens is 2. The molecule has 0 aliphatic heterocycles. The highest BCUT2D eigenvalue weighted by Crippen LogP contribution is 2.24. The van der Waals surface area contributed by atoms with Gasteiger partial charge in [0.15, 0.2) is 0 Å². The van der Waals surface area contributed by atoms with Crippen LogP contribution in [0.2, 0.25) is 0 Å². The third-order valence-electron chi connectivity index (χ3n) is 4.63. The first-order chi connectivity index (χ1) is 14.5. The molecule has 0 radical (unpaired) electrons. The Hall–Kier alpha value is -3.30. The fourth-order valence-electron chi connectivity index (χ4n) is 3.12. The number of amides is 2. The smallest absolute Gasteiger partial charge is 0.268 e. The maximum Gasteiger partial charge on any atom is 0.268 e. The molecule has 9 heteroatoms. The molecule has 0 spiro atoms. The van der Waals surface area contributed by atoms with Gasteiger partial charge in [-0.05, 0) is 35.0 Å². The quantitative estimate of drug-likeness (QED) is 0.516. The molecule has 1 aromatic carbocycles. The van der Waals surface area contributed by atoms with Crippen LogP contribution in [0.1, 0.15) is 25.9 Å². The zero-order valence-corrected chi connectivity index (χ0v) is 17.9. The van der Waals surface area contributed by atoms with E-state index in [1.807, 2.05) is 16.8 Å². The number of H-pyrrole nitrogens is 1. The fraction of sp³-hybridized carbons (Fsp3) is 0.143. The summed E-state index contributed by atoms with van der Waals surface area (Å²) in [6.45, 7) is 0.136. The summed E-state index contributed by atoms with van der Waals surface area (Å²) in [4.78, 5) is 48.8. The number of benzene rings is 1. The number of rotatable bonds is 5. The van der Waals surface area contributed by atoms with E-state index < -0.39 is 0 Å². The molecule has 4 rings (SSSR count). The van der Waals surface area contributed by atoms with Crippen molar-refractivity contribution in [2.45, 2.75) is 6.54 Å². The third-order valence-corrected chi connectivity index (χ3v) is 6.39. The summed E-state index contributed by atoms with van der Waals surface area (Å²) in [6.07, 6.45) is 0. The average Bonchev–Trinajstić information content (AvgIpc) is 3.44. The minimum absolute atomic E-state index is 0.136. The monoisotopic (exact) mass is 438 g/mol. The van der Waals surface area contributed by atoms with E-state index in [4.69, 9.17) is 0 Å². The Morgan fingerprint density at radius 3 is 2.57 bits per heavy atom. The van der Waals surface area contributed by atoms with Gasteiger partial charge in [0.25, 0.3) is 17.4 Å². The molecular weight excluding hydrogens is 420 g/mol. The van der Waals surface area contributed by atoms with Gasteiger partial charge >= 0.3 is 0 Å². The normalized spacial score (nSPS) is 10.9. The fourth-order valence-corrected chi connectivity index (χ4v) is 4.54. The van der Waals surface area contributed by atoms with Crippen LogP contribution >= 0.6 is 22.7 Å². The van der Waals surface area contributed by atoms with Crippen LogP contribution in [0, 0.1) is 0 Å². The summed E-state index contributed by atoms with van der Waals surface area (Å²) in [5, 5.41) is 3.65. The van der Waals surface area contributed by atoms with Crippen molar-refractivity contribution in [3.63, 3.8) is 0 Å². The molecule has 0 aliphatic rings. The van der Waals surface area contributed by atoms with E-state index in [0.717, 1.165) is 0 Å². The minimum atomic E-state index is -0.274. The summed E-state index contributed by atoms with van der Waals surface area (Å²) in [7, 11) is 3.29. The van der Waals surface area contributed by atoms with E-state index in [2.05, 4.69) is 9.97 Å². The van der Waals surface area contributed by atoms with Gasteiger partial charge in [0, 0.05) is 14.1 Å². The predicted molar refractivity (Wildman–Crippen MR) is 120 cm³/mol. The van der Waals surface area contributed by atoms with Gasteiger partial charge in [-0.2, -0.15) is 0 Å². The zero-order valence-electron chi connectivity index (χ0n) is 16.3. The van der Waals surface area contributed by atoms with E-state index in [1.54, 1.807) is 50.5 Å². The summed E-state index contributed by atoms with van der Waals surface area (Å²) < 4.78 is 0.562. The highest BCUT2D eigenvalue weighted by Gasteiger charge is 2.22. The second-order valence-corrected chi connectivity index (χ2v) is 8.53. The summed E-state index contributed by atoms with van der Waals surface area (Å²) in [5.41, 5.74) is 1.31. The van der Waals surface area contributed by atoms with Gasteiger partial charge in [0.1, 0.15) is 10.5 Å². The molecule has 3 heterocycles. The number of nitrogens with zero attached hydrogens (tertiary/aromatic N) is 3. The Kier molecular flexibility index (Phi) is 5.47. The molecule has 0 atom stereocenters. The Labute approximate surface area is 180 Å². The van der Waals surface area contributed by atoms with Crippen molar-refractivity contribution in [2.75, 3.05) is 19.0 Å². The van der Waals surface area contributed by atoms with Gasteiger partial charge in [-0.25, -0.2) is 4.98 Å². The molecule has 30 heavy (non-hydrogen) atoms. The molecule has 7 nitrogen and oxygen atoms in total. The molecule has 0 bridgehead atoms. The van der Waals surface area contributed by atoms with Gasteiger partial charge in [-0.15, -0.1) is 22.7 Å². The number of hydrogen-bond donors (Lipinski definition) is 1. The van der Waals surface area contributed by atoms with E-state index in [-0.39, 0.29) is 23.9 Å². The molecule has 0 saturated heterocycles. The molecule has 0 saturated carbocycles. The van der Waals surface area contributed by atoms with Gasteiger partial charge in [-0.1, -0.05) is 18.2 Å². The van der Waals surface area contributed by atoms with Gasteiger partial charge in [-0.3, -0.25) is 14.4 Å². The zero-order chi connectivity index (χ0) is 21.3. The number of carbonyl (C=O) groups is 2. The van der Waals surface area contributed by atoms with Crippen LogP contribution in [0.25, 0.3) is 10.2 Å². The van der Waals surface area contributed by atoms with Crippen molar-refractivity contribution >= 4 is 50.4 Å². The standard InChI is InChI=1S/C21H18N4O3S2/c1-24(12-17-22-14-9-11-30-18(14)19(26)23-17)20(27)13-6-3-4-7-15(13)25(2)21(28)16-8-5-10-29-16/h3-11H,12H2,1-2H3,(H,22,23,26). The molecule has 2 amide bonds. The third kappa shape index (κ3) is 3.77. The summed E-state index contributed by atoms with van der Waals surface area (Å²) in [6, 6.07) is 12.3. The van der Waals surface area contributed by atoms with Crippen molar-refractivity contribution in [3.8, 4) is 0 Å². The van der Waals surface area contributed by atoms with Gasteiger partial charge in [0.2, 0.25) is 0 Å². The first-order valence-electron chi connectivity index (χ1n) is 9.08. The van der Waals surface area contributed by atoms with E-state index in [0.29, 0.717) is 32.2 Å². The molecule has 0 aliphatic carbocycles. The molecule has 3 aromatic heterocycles. The van der Waals surface area contributed by atoms with Crippen LogP contribution in [0.3, 0.4) is 0 Å². The summed E-state index contributed by atoms with van der Waals surface area (Å²) >= 11 is 2.68. The maximum absolute atomic E-state index is 13.2. The topological polar surface area (TPSA) is 86.4 Å². The van der Waals surface area contributed by atoms with Crippen molar-refractivity contribution in [1.82, 2.24) is 14.9 Å². The SMILES string of the molecule is CN(Cc1nc2ccsc2c(=O)[nH]1)C(=O)c1ccccc1N(C)C(=O)c1cccs1. The second kappa shape index (κ2) is 8.21. The highest BCUT2D eigenvalue weighted by molar-refractivity contribution is 7.17. The molecule has 4 aromatic rings. The van der Waals surface area contributed by atoms with Crippen LogP contribution < -0.4 is 10.5 Å². The lowest BCUT2D eigenvalue weighted by molar-refractivity contribution is 0.0782. The first kappa shape index (κ1) is 20.0.